The normalized spacial score (nSPS) is 19.1. The van der Waals surface area contributed by atoms with Gasteiger partial charge in [0, 0.05) is 35.5 Å². The summed E-state index contributed by atoms with van der Waals surface area (Å²) in [7, 11) is 0. The third-order valence-electron chi connectivity index (χ3n) is 5.66. The van der Waals surface area contributed by atoms with E-state index in [1.165, 1.54) is 0 Å². The molecule has 0 amide bonds. The zero-order valence-corrected chi connectivity index (χ0v) is 16.5. The van der Waals surface area contributed by atoms with Crippen LogP contribution < -0.4 is 15.0 Å². The molecule has 1 atom stereocenters. The molecule has 0 aromatic heterocycles. The molecule has 0 spiro atoms. The van der Waals surface area contributed by atoms with Crippen molar-refractivity contribution in [3.05, 3.63) is 82.1 Å². The molecule has 2 aliphatic carbocycles. The molecule has 6 heteroatoms. The van der Waals surface area contributed by atoms with Gasteiger partial charge in [-0.3, -0.25) is 9.59 Å². The maximum Gasteiger partial charge on any atom is 0.249 e. The van der Waals surface area contributed by atoms with Gasteiger partial charge in [0.2, 0.25) is 23.3 Å². The lowest BCUT2D eigenvalue weighted by Gasteiger charge is -2.30. The molecule has 1 heterocycles. The highest BCUT2D eigenvalue weighted by Gasteiger charge is 2.46. The Morgan fingerprint density at radius 2 is 1.77 bits per heavy atom. The molecule has 2 aromatic rings. The second-order valence-corrected chi connectivity index (χ2v) is 7.56. The number of carbonyl (C=O) groups excluding carboxylic acids is 2. The fourth-order valence-corrected chi connectivity index (χ4v) is 4.20. The molecule has 150 valence electrons. The van der Waals surface area contributed by atoms with E-state index >= 15 is 0 Å². The topological polar surface area (TPSA) is 89.6 Å². The Balaban J connectivity index is 1.71. The lowest BCUT2D eigenvalue weighted by Crippen LogP contribution is -2.74. The number of Topliss-reactive ketones (excluding diaryl/α,β-unsaturated/α-hetero) is 2. The summed E-state index contributed by atoms with van der Waals surface area (Å²) in [6.45, 7) is 2.48. The minimum atomic E-state index is -0.517. The number of benzene rings is 2. The molecule has 5 rings (SSSR count). The van der Waals surface area contributed by atoms with Crippen LogP contribution in [0.15, 0.2) is 65.4 Å². The molecule has 1 unspecified atom stereocenters. The monoisotopic (exact) mass is 401 g/mol. The molecule has 3 aliphatic rings. The number of allylic oxidation sites excluding steroid dienone is 1. The van der Waals surface area contributed by atoms with Crippen molar-refractivity contribution in [2.45, 2.75) is 19.4 Å². The number of aryl methyl sites for hydroxylation is 1. The van der Waals surface area contributed by atoms with E-state index in [1.807, 2.05) is 31.2 Å². The smallest absolute Gasteiger partial charge is 0.249 e. The van der Waals surface area contributed by atoms with E-state index in [9.17, 15) is 9.59 Å². The summed E-state index contributed by atoms with van der Waals surface area (Å²) < 4.78 is 6.21. The number of hydrogen-bond acceptors (Lipinski definition) is 5. The van der Waals surface area contributed by atoms with Crippen LogP contribution in [0.3, 0.4) is 0 Å². The Kier molecular flexibility index (Phi) is 4.37. The first-order valence-corrected chi connectivity index (χ1v) is 10.00. The van der Waals surface area contributed by atoms with E-state index in [0.29, 0.717) is 52.4 Å². The summed E-state index contributed by atoms with van der Waals surface area (Å²) in [6.07, 6.45) is 1.85. The fraction of sp³-hybridized carbons (Fsp3) is 0.208. The predicted octanol–water partition coefficient (Wildman–Crippen LogP) is 1.15. The van der Waals surface area contributed by atoms with Crippen LogP contribution in [0.5, 0.6) is 5.75 Å². The van der Waals surface area contributed by atoms with Crippen molar-refractivity contribution in [1.82, 2.24) is 5.32 Å². The van der Waals surface area contributed by atoms with Gasteiger partial charge in [-0.15, -0.1) is 0 Å². The number of ketones is 2. The van der Waals surface area contributed by atoms with Crippen molar-refractivity contribution in [2.75, 3.05) is 13.2 Å². The number of para-hydroxylation sites is 1. The van der Waals surface area contributed by atoms with Crippen molar-refractivity contribution >= 4 is 23.0 Å². The number of rotatable bonds is 4. The molecular formula is C24H21N2O4+. The molecule has 30 heavy (non-hydrogen) atoms. The van der Waals surface area contributed by atoms with Gasteiger partial charge in [-0.2, -0.15) is 0 Å². The zero-order valence-electron chi connectivity index (χ0n) is 16.5. The highest BCUT2D eigenvalue weighted by atomic mass is 16.5. The quantitative estimate of drug-likeness (QED) is 0.669. The molecule has 2 aromatic carbocycles. The van der Waals surface area contributed by atoms with Crippen molar-refractivity contribution in [3.63, 3.8) is 0 Å². The Bertz CT molecular complexity index is 1190. The van der Waals surface area contributed by atoms with Gasteiger partial charge in [0.15, 0.2) is 11.5 Å². The van der Waals surface area contributed by atoms with E-state index in [1.54, 1.807) is 24.3 Å². The van der Waals surface area contributed by atoms with Crippen LogP contribution >= 0.6 is 0 Å². The van der Waals surface area contributed by atoms with Crippen molar-refractivity contribution in [2.24, 2.45) is 0 Å². The second-order valence-electron chi connectivity index (χ2n) is 7.56. The highest BCUT2D eigenvalue weighted by molar-refractivity contribution is 6.39. The highest BCUT2D eigenvalue weighted by Crippen LogP contribution is 2.36. The summed E-state index contributed by atoms with van der Waals surface area (Å²) in [4.78, 5) is 30.3. The van der Waals surface area contributed by atoms with Crippen molar-refractivity contribution in [1.29, 1.82) is 0 Å². The molecule has 3 N–H and O–H groups in total. The summed E-state index contributed by atoms with van der Waals surface area (Å²) in [5, 5.41) is 12.4. The van der Waals surface area contributed by atoms with Gasteiger partial charge < -0.3 is 15.2 Å². The molecule has 0 fully saturated rings. The minimum absolute atomic E-state index is 0.0351. The van der Waals surface area contributed by atoms with E-state index < -0.39 is 6.10 Å². The maximum absolute atomic E-state index is 13.5. The van der Waals surface area contributed by atoms with E-state index in [0.717, 1.165) is 11.3 Å². The lowest BCUT2D eigenvalue weighted by atomic mass is 9.76. The fourth-order valence-electron chi connectivity index (χ4n) is 4.20. The molecule has 6 nitrogen and oxygen atoms in total. The van der Waals surface area contributed by atoms with Gasteiger partial charge in [0.25, 0.3) is 0 Å². The number of carbonyl (C=O) groups is 2. The van der Waals surface area contributed by atoms with Gasteiger partial charge in [-0.05, 0) is 25.5 Å². The molecular weight excluding hydrogens is 380 g/mol. The van der Waals surface area contributed by atoms with Crippen LogP contribution in [0, 0.1) is 6.92 Å². The molecule has 0 saturated heterocycles. The third kappa shape index (κ3) is 2.72. The maximum atomic E-state index is 13.5. The SMILES string of the molecule is Cc1cccc2c1[NH+]=C1C3=C(C(=O)c4ccccc4C3=O)C(NCCCO)=CC1O2. The van der Waals surface area contributed by atoms with Crippen LogP contribution in [0.2, 0.25) is 0 Å². The van der Waals surface area contributed by atoms with Crippen molar-refractivity contribution < 1.29 is 24.4 Å². The summed E-state index contributed by atoms with van der Waals surface area (Å²) in [6, 6.07) is 12.7. The zero-order chi connectivity index (χ0) is 20.8. The number of fused-ring (bicyclic) bond motifs is 4. The predicted molar refractivity (Wildman–Crippen MR) is 111 cm³/mol. The average molecular weight is 401 g/mol. The third-order valence-corrected chi connectivity index (χ3v) is 5.66. The number of aliphatic hydroxyl groups excluding tert-OH is 1. The molecule has 1 aliphatic heterocycles. The Morgan fingerprint density at radius 3 is 2.50 bits per heavy atom. The number of ether oxygens (including phenoxy) is 1. The first-order chi connectivity index (χ1) is 14.6. The first kappa shape index (κ1) is 18.5. The Morgan fingerprint density at radius 1 is 1.03 bits per heavy atom. The minimum Gasteiger partial charge on any atom is -0.468 e. The number of hydrogen-bond donors (Lipinski definition) is 3. The molecule has 0 bridgehead atoms. The van der Waals surface area contributed by atoms with Crippen LogP contribution in [-0.4, -0.2) is 41.6 Å². The lowest BCUT2D eigenvalue weighted by molar-refractivity contribution is -0.363. The van der Waals surface area contributed by atoms with Gasteiger partial charge in [0.05, 0.1) is 5.57 Å². The van der Waals surface area contributed by atoms with E-state index in [4.69, 9.17) is 9.84 Å². The summed E-state index contributed by atoms with van der Waals surface area (Å²) in [5.41, 5.74) is 4.48. The van der Waals surface area contributed by atoms with Crippen LogP contribution in [0.25, 0.3) is 0 Å². The van der Waals surface area contributed by atoms with E-state index in [-0.39, 0.29) is 18.2 Å². The van der Waals surface area contributed by atoms with Gasteiger partial charge >= 0.3 is 0 Å². The Labute approximate surface area is 173 Å². The number of aliphatic hydroxyl groups is 1. The van der Waals surface area contributed by atoms with Crippen LogP contribution in [-0.2, 0) is 0 Å². The summed E-state index contributed by atoms with van der Waals surface area (Å²) >= 11 is 0. The van der Waals surface area contributed by atoms with E-state index in [2.05, 4.69) is 10.3 Å². The second kappa shape index (κ2) is 7.07. The van der Waals surface area contributed by atoms with Gasteiger partial charge in [-0.25, -0.2) is 4.99 Å². The van der Waals surface area contributed by atoms with Gasteiger partial charge in [-0.1, -0.05) is 36.4 Å². The standard InChI is InChI=1S/C24H20N2O4/c1-13-6-4-9-17-21(13)26-22-18(30-17)12-16(25-10-5-11-27)19-20(22)24(29)15-8-3-2-7-14(15)23(19)28/h2-4,6-9,12,18,25,27H,5,10-11H2,1H3/p+1. The largest absolute Gasteiger partial charge is 0.468 e. The Hall–Kier alpha value is -3.51. The van der Waals surface area contributed by atoms with Crippen LogP contribution in [0.4, 0.5) is 5.69 Å². The summed E-state index contributed by atoms with van der Waals surface area (Å²) in [5.74, 6) is 0.322. The molecule has 0 radical (unpaired) electrons. The van der Waals surface area contributed by atoms with Crippen molar-refractivity contribution in [3.8, 4) is 5.75 Å². The molecule has 0 saturated carbocycles. The van der Waals surface area contributed by atoms with Crippen LogP contribution in [0.1, 0.15) is 32.7 Å². The number of nitrogens with one attached hydrogen (secondary N) is 2. The average Bonchev–Trinajstić information content (AvgIpc) is 2.76. The first-order valence-electron chi connectivity index (χ1n) is 10.00. The van der Waals surface area contributed by atoms with Gasteiger partial charge in [0.1, 0.15) is 5.57 Å².